The minimum absolute atomic E-state index is 0.194. The first kappa shape index (κ1) is 29.8. The molecule has 0 saturated carbocycles. The first-order chi connectivity index (χ1) is 20.7. The molecular formula is C33H33N3O6S. The standard InChI is InChI=1S/C33H33N3O6S/c1-6-10-25-28(32(40)42-7-2)29(24-11-8-9-12-26(24)41-5)36-30(37)27(43-33(36)34-25)18-22-17-19(3)35(20(22)4)23-15-13-21(14-16-23)31(38)39/h8-9,11-18,29H,6-7,10H2,1-5H3,(H,38,39)/b27-18-/t29-/m0/s1. The number of methoxy groups -OCH3 is 1. The van der Waals surface area contributed by atoms with Crippen LogP contribution in [0.3, 0.4) is 0 Å². The van der Waals surface area contributed by atoms with Gasteiger partial charge < -0.3 is 19.1 Å². The van der Waals surface area contributed by atoms with E-state index in [1.165, 1.54) is 11.3 Å². The lowest BCUT2D eigenvalue weighted by atomic mass is 9.93. The van der Waals surface area contributed by atoms with E-state index in [2.05, 4.69) is 0 Å². The van der Waals surface area contributed by atoms with Crippen LogP contribution in [0.2, 0.25) is 0 Å². The zero-order valence-electron chi connectivity index (χ0n) is 24.7. The number of carbonyl (C=O) groups is 2. The predicted octanol–water partition coefficient (Wildman–Crippen LogP) is 4.69. The second-order valence-electron chi connectivity index (χ2n) is 10.2. The fourth-order valence-electron chi connectivity index (χ4n) is 5.53. The van der Waals surface area contributed by atoms with Crippen LogP contribution >= 0.6 is 11.3 Å². The average molecular weight is 600 g/mol. The molecule has 0 fully saturated rings. The number of esters is 1. The molecule has 0 spiro atoms. The number of aromatic carboxylic acids is 1. The monoisotopic (exact) mass is 599 g/mol. The number of carbonyl (C=O) groups excluding carboxylic acids is 1. The van der Waals surface area contributed by atoms with E-state index in [9.17, 15) is 19.5 Å². The number of thiazole rings is 1. The third-order valence-corrected chi connectivity index (χ3v) is 8.44. The number of carboxylic acid groups (broad SMARTS) is 1. The Bertz CT molecular complexity index is 1930. The maximum absolute atomic E-state index is 14.2. The molecule has 0 bridgehead atoms. The average Bonchev–Trinajstić information content (AvgIpc) is 3.46. The van der Waals surface area contributed by atoms with E-state index in [0.29, 0.717) is 38.3 Å². The van der Waals surface area contributed by atoms with Crippen LogP contribution in [0.4, 0.5) is 0 Å². The van der Waals surface area contributed by atoms with E-state index in [0.717, 1.165) is 29.1 Å². The Morgan fingerprint density at radius 1 is 1.09 bits per heavy atom. The molecule has 0 saturated heterocycles. The molecule has 5 rings (SSSR count). The summed E-state index contributed by atoms with van der Waals surface area (Å²) in [6.45, 7) is 7.88. The number of carboxylic acids is 1. The number of nitrogens with zero attached hydrogens (tertiary/aromatic N) is 3. The predicted molar refractivity (Wildman–Crippen MR) is 165 cm³/mol. The molecule has 0 aliphatic carbocycles. The van der Waals surface area contributed by atoms with Crippen LogP contribution in [0.1, 0.15) is 65.6 Å². The van der Waals surface area contributed by atoms with Crippen LogP contribution in [0.15, 0.2) is 75.7 Å². The van der Waals surface area contributed by atoms with Crippen molar-refractivity contribution < 1.29 is 24.2 Å². The van der Waals surface area contributed by atoms with Gasteiger partial charge in [-0.1, -0.05) is 42.9 Å². The summed E-state index contributed by atoms with van der Waals surface area (Å²) in [5.41, 5.74) is 5.05. The van der Waals surface area contributed by atoms with Gasteiger partial charge in [-0.2, -0.15) is 0 Å². The largest absolute Gasteiger partial charge is 0.496 e. The molecule has 1 atom stereocenters. The molecule has 3 heterocycles. The zero-order valence-corrected chi connectivity index (χ0v) is 25.5. The molecule has 43 heavy (non-hydrogen) atoms. The van der Waals surface area contributed by atoms with Crippen molar-refractivity contribution in [2.75, 3.05) is 13.7 Å². The summed E-state index contributed by atoms with van der Waals surface area (Å²) in [4.78, 5) is 44.3. The molecule has 9 nitrogen and oxygen atoms in total. The highest BCUT2D eigenvalue weighted by molar-refractivity contribution is 7.07. The van der Waals surface area contributed by atoms with Gasteiger partial charge in [-0.15, -0.1) is 0 Å². The quantitative estimate of drug-likeness (QED) is 0.280. The van der Waals surface area contributed by atoms with Gasteiger partial charge >= 0.3 is 11.9 Å². The second kappa shape index (κ2) is 12.3. The third-order valence-electron chi connectivity index (χ3n) is 7.46. The normalized spacial score (nSPS) is 14.8. The molecule has 1 aliphatic heterocycles. The molecule has 1 N–H and O–H groups in total. The van der Waals surface area contributed by atoms with Crippen molar-refractivity contribution in [1.29, 1.82) is 0 Å². The van der Waals surface area contributed by atoms with Crippen LogP contribution in [-0.2, 0) is 9.53 Å². The van der Waals surface area contributed by atoms with Crippen LogP contribution in [0, 0.1) is 13.8 Å². The minimum Gasteiger partial charge on any atom is -0.496 e. The molecule has 0 radical (unpaired) electrons. The van der Waals surface area contributed by atoms with Crippen LogP contribution < -0.4 is 19.6 Å². The maximum atomic E-state index is 14.2. The zero-order chi connectivity index (χ0) is 30.8. The summed E-state index contributed by atoms with van der Waals surface area (Å²) in [7, 11) is 1.56. The molecule has 10 heteroatoms. The summed E-state index contributed by atoms with van der Waals surface area (Å²) in [6.07, 6.45) is 3.16. The van der Waals surface area contributed by atoms with E-state index < -0.39 is 18.0 Å². The molecule has 2 aromatic heterocycles. The Balaban J connectivity index is 1.71. The highest BCUT2D eigenvalue weighted by atomic mass is 32.1. The first-order valence-electron chi connectivity index (χ1n) is 14.1. The first-order valence-corrected chi connectivity index (χ1v) is 14.9. The van der Waals surface area contributed by atoms with Gasteiger partial charge in [0.1, 0.15) is 11.8 Å². The maximum Gasteiger partial charge on any atom is 0.338 e. The van der Waals surface area contributed by atoms with Gasteiger partial charge in [0.05, 0.1) is 35.1 Å². The number of hydrogen-bond donors (Lipinski definition) is 1. The lowest BCUT2D eigenvalue weighted by Gasteiger charge is -2.26. The number of aryl methyl sites for hydroxylation is 1. The Labute approximate surface area is 252 Å². The van der Waals surface area contributed by atoms with Crippen molar-refractivity contribution in [3.63, 3.8) is 0 Å². The fraction of sp³-hybridized carbons (Fsp3) is 0.273. The fourth-order valence-corrected chi connectivity index (χ4v) is 6.54. The number of allylic oxidation sites excluding steroid dienone is 1. The highest BCUT2D eigenvalue weighted by Gasteiger charge is 2.35. The number of hydrogen-bond acceptors (Lipinski definition) is 7. The van der Waals surface area contributed by atoms with E-state index in [-0.39, 0.29) is 17.7 Å². The summed E-state index contributed by atoms with van der Waals surface area (Å²) in [6, 6.07) is 15.3. The topological polar surface area (TPSA) is 112 Å². The lowest BCUT2D eigenvalue weighted by molar-refractivity contribution is -0.139. The minimum atomic E-state index is -0.983. The van der Waals surface area contributed by atoms with Crippen LogP contribution in [-0.4, -0.2) is 39.9 Å². The van der Waals surface area contributed by atoms with E-state index in [1.54, 1.807) is 42.9 Å². The van der Waals surface area contributed by atoms with Crippen molar-refractivity contribution in [3.05, 3.63) is 114 Å². The number of ether oxygens (including phenoxy) is 2. The van der Waals surface area contributed by atoms with E-state index in [1.807, 2.05) is 61.7 Å². The summed E-state index contributed by atoms with van der Waals surface area (Å²) < 4.78 is 15.2. The van der Waals surface area contributed by atoms with E-state index >= 15 is 0 Å². The van der Waals surface area contributed by atoms with Crippen LogP contribution in [0.25, 0.3) is 11.8 Å². The molecule has 4 aromatic rings. The Morgan fingerprint density at radius 3 is 2.47 bits per heavy atom. The number of rotatable bonds is 9. The number of aromatic nitrogens is 2. The van der Waals surface area contributed by atoms with Crippen LogP contribution in [0.5, 0.6) is 5.75 Å². The smallest absolute Gasteiger partial charge is 0.338 e. The molecular weight excluding hydrogens is 566 g/mol. The van der Waals surface area contributed by atoms with Gasteiger partial charge in [0, 0.05) is 22.6 Å². The number of para-hydroxylation sites is 1. The summed E-state index contributed by atoms with van der Waals surface area (Å²) >= 11 is 1.28. The van der Waals surface area contributed by atoms with Crippen molar-refractivity contribution in [3.8, 4) is 11.4 Å². The Morgan fingerprint density at radius 2 is 1.81 bits per heavy atom. The molecule has 0 amide bonds. The van der Waals surface area contributed by atoms with Crippen molar-refractivity contribution in [1.82, 2.24) is 9.13 Å². The Kier molecular flexibility index (Phi) is 8.50. The van der Waals surface area contributed by atoms with Gasteiger partial charge in [0.25, 0.3) is 5.56 Å². The summed E-state index contributed by atoms with van der Waals surface area (Å²) in [5.74, 6) is -0.931. The SMILES string of the molecule is CCCC1=C(C(=O)OCC)[C@H](c2ccccc2OC)n2c(s/c(=C\c3cc(C)n(-c4ccc(C(=O)O)cc4)c3C)c2=O)=N1. The highest BCUT2D eigenvalue weighted by Crippen LogP contribution is 2.36. The number of benzene rings is 2. The molecule has 222 valence electrons. The second-order valence-corrected chi connectivity index (χ2v) is 11.2. The van der Waals surface area contributed by atoms with Gasteiger partial charge in [0.15, 0.2) is 4.80 Å². The molecule has 2 aromatic carbocycles. The Hall–Kier alpha value is -4.70. The van der Waals surface area contributed by atoms with Gasteiger partial charge in [0.2, 0.25) is 0 Å². The van der Waals surface area contributed by atoms with Gasteiger partial charge in [-0.3, -0.25) is 9.36 Å². The van der Waals surface area contributed by atoms with E-state index in [4.69, 9.17) is 14.5 Å². The van der Waals surface area contributed by atoms with Crippen molar-refractivity contribution in [2.24, 2.45) is 4.99 Å². The molecule has 1 aliphatic rings. The summed E-state index contributed by atoms with van der Waals surface area (Å²) in [5, 5.41) is 9.27. The third kappa shape index (κ3) is 5.46. The molecule has 0 unspecified atom stereocenters. The number of fused-ring (bicyclic) bond motifs is 1. The van der Waals surface area contributed by atoms with Gasteiger partial charge in [-0.05, 0) is 75.2 Å². The lowest BCUT2D eigenvalue weighted by Crippen LogP contribution is -2.40. The van der Waals surface area contributed by atoms with Crippen molar-refractivity contribution in [2.45, 2.75) is 46.6 Å². The van der Waals surface area contributed by atoms with Crippen molar-refractivity contribution >= 4 is 29.4 Å². The van der Waals surface area contributed by atoms with Gasteiger partial charge in [-0.25, -0.2) is 14.6 Å².